The molecule has 0 amide bonds. The quantitative estimate of drug-likeness (QED) is 0.924. The van der Waals surface area contributed by atoms with Crippen LogP contribution >= 0.6 is 0 Å². The van der Waals surface area contributed by atoms with Crippen LogP contribution in [0.3, 0.4) is 0 Å². The molecule has 2 aliphatic heterocycles. The van der Waals surface area contributed by atoms with Crippen LogP contribution in [-0.2, 0) is 0 Å². The molecule has 1 unspecified atom stereocenters. The van der Waals surface area contributed by atoms with Crippen molar-refractivity contribution in [2.75, 3.05) is 26.7 Å². The van der Waals surface area contributed by atoms with Crippen LogP contribution < -0.4 is 10.1 Å². The number of nitrogens with one attached hydrogen (secondary N) is 1. The van der Waals surface area contributed by atoms with Crippen LogP contribution in [0.2, 0.25) is 0 Å². The largest absolute Gasteiger partial charge is 0.487 e. The number of aryl methyl sites for hydroxylation is 1. The van der Waals surface area contributed by atoms with Crippen LogP contribution in [0.25, 0.3) is 0 Å². The number of nitrogens with zero attached hydrogens (tertiary/aromatic N) is 1. The van der Waals surface area contributed by atoms with E-state index in [1.807, 2.05) is 0 Å². The lowest BCUT2D eigenvalue weighted by atomic mass is 9.80. The molecule has 0 bridgehead atoms. The van der Waals surface area contributed by atoms with Gasteiger partial charge in [-0.15, -0.1) is 0 Å². The van der Waals surface area contributed by atoms with Gasteiger partial charge in [0.15, 0.2) is 0 Å². The zero-order valence-electron chi connectivity index (χ0n) is 14.5. The molecule has 3 rings (SSSR count). The summed E-state index contributed by atoms with van der Waals surface area (Å²) in [7, 11) is 2.21. The first-order valence-corrected chi connectivity index (χ1v) is 8.69. The van der Waals surface area contributed by atoms with E-state index in [4.69, 9.17) is 4.74 Å². The summed E-state index contributed by atoms with van der Waals surface area (Å²) < 4.78 is 6.56. The first kappa shape index (κ1) is 15.8. The van der Waals surface area contributed by atoms with E-state index in [1.54, 1.807) is 0 Å². The zero-order valence-corrected chi connectivity index (χ0v) is 14.5. The Labute approximate surface area is 135 Å². The van der Waals surface area contributed by atoms with Gasteiger partial charge in [0, 0.05) is 31.1 Å². The van der Waals surface area contributed by atoms with Gasteiger partial charge < -0.3 is 15.0 Å². The van der Waals surface area contributed by atoms with Crippen LogP contribution in [0.5, 0.6) is 5.75 Å². The van der Waals surface area contributed by atoms with E-state index in [-0.39, 0.29) is 5.60 Å². The molecule has 3 nitrogen and oxygen atoms in total. The maximum Gasteiger partial charge on any atom is 0.125 e. The van der Waals surface area contributed by atoms with Gasteiger partial charge in [0.25, 0.3) is 0 Å². The Morgan fingerprint density at radius 2 is 2.05 bits per heavy atom. The molecule has 1 aromatic carbocycles. The van der Waals surface area contributed by atoms with E-state index in [9.17, 15) is 0 Å². The highest BCUT2D eigenvalue weighted by Gasteiger charge is 2.42. The smallest absolute Gasteiger partial charge is 0.125 e. The number of benzene rings is 1. The van der Waals surface area contributed by atoms with Gasteiger partial charge in [0.1, 0.15) is 11.4 Å². The Morgan fingerprint density at radius 1 is 1.32 bits per heavy atom. The fourth-order valence-corrected chi connectivity index (χ4v) is 3.67. The second kappa shape index (κ2) is 6.21. The second-order valence-corrected chi connectivity index (χ2v) is 7.69. The van der Waals surface area contributed by atoms with Gasteiger partial charge in [-0.2, -0.15) is 0 Å². The van der Waals surface area contributed by atoms with Gasteiger partial charge in [0.05, 0.1) is 0 Å². The molecule has 1 aromatic rings. The van der Waals surface area contributed by atoms with Crippen molar-refractivity contribution in [3.63, 3.8) is 0 Å². The maximum atomic E-state index is 6.56. The lowest BCUT2D eigenvalue weighted by Crippen LogP contribution is -2.51. The summed E-state index contributed by atoms with van der Waals surface area (Å²) >= 11 is 0. The van der Waals surface area contributed by atoms with Gasteiger partial charge in [-0.25, -0.2) is 0 Å². The van der Waals surface area contributed by atoms with E-state index in [0.29, 0.717) is 12.0 Å². The third-order valence-corrected chi connectivity index (χ3v) is 5.12. The van der Waals surface area contributed by atoms with Gasteiger partial charge >= 0.3 is 0 Å². The Balaban J connectivity index is 1.86. The first-order chi connectivity index (χ1) is 10.5. The molecule has 2 heterocycles. The first-order valence-electron chi connectivity index (χ1n) is 8.69. The molecule has 1 saturated heterocycles. The molecule has 0 aliphatic carbocycles. The minimum absolute atomic E-state index is 0.0297. The number of likely N-dealkylation sites (tertiary alicyclic amines) is 1. The SMILES string of the molecule is Cc1ccc2c(c1)OC1(CCN(C)CC1)CC2NCC(C)C. The van der Waals surface area contributed by atoms with Gasteiger partial charge in [0.2, 0.25) is 0 Å². The maximum absolute atomic E-state index is 6.56. The number of ether oxygens (including phenoxy) is 1. The highest BCUT2D eigenvalue weighted by molar-refractivity contribution is 5.42. The van der Waals surface area contributed by atoms with E-state index < -0.39 is 0 Å². The van der Waals surface area contributed by atoms with Crippen molar-refractivity contribution in [1.82, 2.24) is 10.2 Å². The molecule has 2 aliphatic rings. The summed E-state index contributed by atoms with van der Waals surface area (Å²) in [6.07, 6.45) is 3.37. The minimum atomic E-state index is 0.0297. The molecule has 1 fully saturated rings. The summed E-state index contributed by atoms with van der Waals surface area (Å²) in [5.74, 6) is 1.78. The van der Waals surface area contributed by atoms with Crippen molar-refractivity contribution in [3.05, 3.63) is 29.3 Å². The monoisotopic (exact) mass is 302 g/mol. The summed E-state index contributed by atoms with van der Waals surface area (Å²) in [4.78, 5) is 2.41. The molecule has 1 N–H and O–H groups in total. The van der Waals surface area contributed by atoms with E-state index in [2.05, 4.69) is 56.2 Å². The molecule has 0 saturated carbocycles. The molecule has 0 radical (unpaired) electrons. The zero-order chi connectivity index (χ0) is 15.7. The molecule has 3 heteroatoms. The van der Waals surface area contributed by atoms with Crippen molar-refractivity contribution < 1.29 is 4.74 Å². The summed E-state index contributed by atoms with van der Waals surface area (Å²) in [5, 5.41) is 3.79. The summed E-state index contributed by atoms with van der Waals surface area (Å²) in [5.41, 5.74) is 2.66. The number of hydrogen-bond donors (Lipinski definition) is 1. The third-order valence-electron chi connectivity index (χ3n) is 5.12. The van der Waals surface area contributed by atoms with Crippen molar-refractivity contribution in [1.29, 1.82) is 0 Å². The van der Waals surface area contributed by atoms with Crippen molar-refractivity contribution in [2.24, 2.45) is 5.92 Å². The summed E-state index contributed by atoms with van der Waals surface area (Å²) in [6, 6.07) is 7.11. The highest BCUT2D eigenvalue weighted by atomic mass is 16.5. The fourth-order valence-electron chi connectivity index (χ4n) is 3.67. The topological polar surface area (TPSA) is 24.5 Å². The highest BCUT2D eigenvalue weighted by Crippen LogP contribution is 2.44. The minimum Gasteiger partial charge on any atom is -0.487 e. The van der Waals surface area contributed by atoms with Crippen molar-refractivity contribution in [2.45, 2.75) is 51.7 Å². The van der Waals surface area contributed by atoms with Crippen LogP contribution in [0.4, 0.5) is 0 Å². The average molecular weight is 302 g/mol. The molecular weight excluding hydrogens is 272 g/mol. The van der Waals surface area contributed by atoms with Crippen molar-refractivity contribution >= 4 is 0 Å². The molecule has 22 heavy (non-hydrogen) atoms. The predicted molar refractivity (Wildman–Crippen MR) is 91.5 cm³/mol. The van der Waals surface area contributed by atoms with E-state index in [0.717, 1.165) is 44.6 Å². The second-order valence-electron chi connectivity index (χ2n) is 7.69. The van der Waals surface area contributed by atoms with Crippen LogP contribution in [0.15, 0.2) is 18.2 Å². The lowest BCUT2D eigenvalue weighted by Gasteiger charge is -2.46. The number of fused-ring (bicyclic) bond motifs is 1. The normalized spacial score (nSPS) is 24.3. The van der Waals surface area contributed by atoms with Crippen LogP contribution in [0.1, 0.15) is 50.3 Å². The van der Waals surface area contributed by atoms with Gasteiger partial charge in [-0.1, -0.05) is 26.0 Å². The standard InChI is InChI=1S/C19H30N2O/c1-14(2)13-20-17-12-19(7-9-21(4)10-8-19)22-18-11-15(3)5-6-16(17)18/h5-6,11,14,17,20H,7-10,12-13H2,1-4H3. The molecular formula is C19H30N2O. The van der Waals surface area contributed by atoms with E-state index in [1.165, 1.54) is 11.1 Å². The lowest BCUT2D eigenvalue weighted by molar-refractivity contribution is -0.0205. The Kier molecular flexibility index (Phi) is 4.47. The van der Waals surface area contributed by atoms with Gasteiger partial charge in [-0.3, -0.25) is 0 Å². The molecule has 122 valence electrons. The summed E-state index contributed by atoms with van der Waals surface area (Å²) in [6.45, 7) is 10.0. The van der Waals surface area contributed by atoms with Gasteiger partial charge in [-0.05, 0) is 50.9 Å². The van der Waals surface area contributed by atoms with Crippen molar-refractivity contribution in [3.8, 4) is 5.75 Å². The fraction of sp³-hybridized carbons (Fsp3) is 0.684. The number of piperidine rings is 1. The number of rotatable bonds is 3. The Bertz CT molecular complexity index is 518. The Morgan fingerprint density at radius 3 is 2.73 bits per heavy atom. The van der Waals surface area contributed by atoms with E-state index >= 15 is 0 Å². The van der Waals surface area contributed by atoms with Crippen LogP contribution in [-0.4, -0.2) is 37.2 Å². The number of hydrogen-bond acceptors (Lipinski definition) is 3. The molecule has 1 spiro atoms. The Hall–Kier alpha value is -1.06. The predicted octanol–water partition coefficient (Wildman–Crippen LogP) is 3.53. The average Bonchev–Trinajstić information content (AvgIpc) is 2.47. The molecule has 1 atom stereocenters. The van der Waals surface area contributed by atoms with Crippen LogP contribution in [0, 0.1) is 12.8 Å². The third kappa shape index (κ3) is 3.31. The molecule has 0 aromatic heterocycles.